The van der Waals surface area contributed by atoms with Gasteiger partial charge in [-0.05, 0) is 88.3 Å². The third-order valence-corrected chi connectivity index (χ3v) is 11.0. The monoisotopic (exact) mass is 662 g/mol. The van der Waals surface area contributed by atoms with Gasteiger partial charge in [0.05, 0.1) is 17.8 Å². The summed E-state index contributed by atoms with van der Waals surface area (Å²) in [6, 6.07) is 14.9. The molecule has 4 heterocycles. The standard InChI is InChI=1S/C37H45F3N6O2/c1-25-41-33-24-43(35(47)26-8-5-6-9-26)21-18-34(33)46(25)32-22-30-16-17-31(23-32)44(30)19-7-20-45(29-10-3-2-4-11-29)36(48)42-28-14-12-27(13-15-28)37(38,39)40/h2-4,10-15,26,30-32H,5-9,16-24H2,1H3,(H,42,48)/t30-,31+,32?. The molecule has 48 heavy (non-hydrogen) atoms. The summed E-state index contributed by atoms with van der Waals surface area (Å²) < 4.78 is 41.6. The predicted molar refractivity (Wildman–Crippen MR) is 179 cm³/mol. The highest BCUT2D eigenvalue weighted by molar-refractivity contribution is 6.01. The first-order chi connectivity index (χ1) is 23.2. The number of hydrogen-bond donors (Lipinski definition) is 1. The van der Waals surface area contributed by atoms with E-state index in [0.717, 1.165) is 107 Å². The molecule has 2 bridgehead atoms. The maximum Gasteiger partial charge on any atom is 0.416 e. The number of fused-ring (bicyclic) bond motifs is 3. The van der Waals surface area contributed by atoms with Crippen molar-refractivity contribution in [3.63, 3.8) is 0 Å². The SMILES string of the molecule is Cc1nc2c(n1C1C[C@H]3CC[C@@H](C1)N3CCCN(C(=O)Nc1ccc(C(F)(F)F)cc1)c1ccccc1)CCN(C(=O)C1CCCC1)C2. The molecule has 1 aliphatic carbocycles. The van der Waals surface area contributed by atoms with Crippen LogP contribution in [-0.4, -0.2) is 63.0 Å². The first-order valence-electron chi connectivity index (χ1n) is 17.6. The molecule has 2 aromatic carbocycles. The smallest absolute Gasteiger partial charge is 0.336 e. The van der Waals surface area contributed by atoms with Crippen LogP contribution in [0.5, 0.6) is 0 Å². The Morgan fingerprint density at radius 3 is 2.29 bits per heavy atom. The highest BCUT2D eigenvalue weighted by Gasteiger charge is 2.42. The lowest BCUT2D eigenvalue weighted by atomic mass is 9.95. The highest BCUT2D eigenvalue weighted by atomic mass is 19.4. The molecule has 0 spiro atoms. The van der Waals surface area contributed by atoms with E-state index >= 15 is 0 Å². The zero-order valence-electron chi connectivity index (χ0n) is 27.6. The molecule has 3 atom stereocenters. The first kappa shape index (κ1) is 32.7. The van der Waals surface area contributed by atoms with E-state index in [1.54, 1.807) is 4.90 Å². The van der Waals surface area contributed by atoms with Gasteiger partial charge in [-0.1, -0.05) is 31.0 Å². The molecule has 4 aliphatic rings. The molecule has 1 N–H and O–H groups in total. The Morgan fingerprint density at radius 1 is 0.938 bits per heavy atom. The summed E-state index contributed by atoms with van der Waals surface area (Å²) in [5.74, 6) is 1.58. The van der Waals surface area contributed by atoms with Gasteiger partial charge < -0.3 is 14.8 Å². The van der Waals surface area contributed by atoms with Gasteiger partial charge >= 0.3 is 12.2 Å². The van der Waals surface area contributed by atoms with Crippen LogP contribution < -0.4 is 10.2 Å². The number of aromatic nitrogens is 2. The van der Waals surface area contributed by atoms with E-state index in [2.05, 4.69) is 21.7 Å². The lowest BCUT2D eigenvalue weighted by molar-refractivity contribution is -0.138. The van der Waals surface area contributed by atoms with Gasteiger partial charge in [-0.3, -0.25) is 14.6 Å². The van der Waals surface area contributed by atoms with E-state index in [4.69, 9.17) is 4.98 Å². The van der Waals surface area contributed by atoms with Crippen LogP contribution >= 0.6 is 0 Å². The van der Waals surface area contributed by atoms with Gasteiger partial charge in [-0.15, -0.1) is 0 Å². The summed E-state index contributed by atoms with van der Waals surface area (Å²) in [6.45, 7) is 4.89. The maximum absolute atomic E-state index is 13.4. The number of benzene rings is 2. The lowest BCUT2D eigenvalue weighted by Gasteiger charge is -2.41. The molecule has 1 unspecified atom stereocenters. The Morgan fingerprint density at radius 2 is 1.62 bits per heavy atom. The van der Waals surface area contributed by atoms with Gasteiger partial charge in [0.25, 0.3) is 0 Å². The zero-order chi connectivity index (χ0) is 33.4. The van der Waals surface area contributed by atoms with Crippen LogP contribution in [0.1, 0.15) is 86.6 Å². The van der Waals surface area contributed by atoms with E-state index in [1.165, 1.54) is 17.8 Å². The van der Waals surface area contributed by atoms with Crippen molar-refractivity contribution in [2.75, 3.05) is 29.9 Å². The Kier molecular flexibility index (Phi) is 9.24. The minimum absolute atomic E-state index is 0.197. The number of carbonyl (C=O) groups excluding carboxylic acids is 2. The Hall–Kier alpha value is -3.86. The molecule has 256 valence electrons. The normalized spacial score (nSPS) is 22.9. The minimum atomic E-state index is -4.43. The second-order valence-corrected chi connectivity index (χ2v) is 14.0. The van der Waals surface area contributed by atoms with Crippen molar-refractivity contribution in [1.82, 2.24) is 19.4 Å². The molecule has 3 fully saturated rings. The first-order valence-corrected chi connectivity index (χ1v) is 17.6. The van der Waals surface area contributed by atoms with E-state index in [1.807, 2.05) is 35.2 Å². The average molecular weight is 663 g/mol. The topological polar surface area (TPSA) is 73.7 Å². The van der Waals surface area contributed by atoms with Gasteiger partial charge in [0.1, 0.15) is 5.82 Å². The number of halogens is 3. The van der Waals surface area contributed by atoms with Crippen LogP contribution in [0, 0.1) is 12.8 Å². The summed E-state index contributed by atoms with van der Waals surface area (Å²) >= 11 is 0. The van der Waals surface area contributed by atoms with Crippen molar-refractivity contribution in [1.29, 1.82) is 0 Å². The second-order valence-electron chi connectivity index (χ2n) is 14.0. The van der Waals surface area contributed by atoms with Gasteiger partial charge in [0.15, 0.2) is 0 Å². The molecular weight excluding hydrogens is 617 g/mol. The second kappa shape index (κ2) is 13.6. The molecular formula is C37H45F3N6O2. The quantitative estimate of drug-likeness (QED) is 0.270. The van der Waals surface area contributed by atoms with Crippen molar-refractivity contribution >= 4 is 23.3 Å². The Bertz CT molecular complexity index is 1590. The van der Waals surface area contributed by atoms with E-state index in [0.29, 0.717) is 42.8 Å². The number of imidazole rings is 1. The third-order valence-electron chi connectivity index (χ3n) is 11.0. The summed E-state index contributed by atoms with van der Waals surface area (Å²) in [7, 11) is 0. The zero-order valence-corrected chi connectivity index (χ0v) is 27.6. The van der Waals surface area contributed by atoms with Gasteiger partial charge in [0, 0.05) is 67.2 Å². The molecule has 3 amide bonds. The minimum Gasteiger partial charge on any atom is -0.336 e. The molecule has 3 aliphatic heterocycles. The van der Waals surface area contributed by atoms with Crippen LogP contribution in [-0.2, 0) is 23.9 Å². The van der Waals surface area contributed by atoms with Crippen LogP contribution in [0.4, 0.5) is 29.3 Å². The van der Waals surface area contributed by atoms with Crippen LogP contribution in [0.15, 0.2) is 54.6 Å². The number of hydrogen-bond acceptors (Lipinski definition) is 4. The van der Waals surface area contributed by atoms with Gasteiger partial charge in [0.2, 0.25) is 5.91 Å². The largest absolute Gasteiger partial charge is 0.416 e. The lowest BCUT2D eigenvalue weighted by Crippen LogP contribution is -2.45. The number of carbonyl (C=O) groups is 2. The highest BCUT2D eigenvalue weighted by Crippen LogP contribution is 2.43. The number of piperidine rings is 1. The number of urea groups is 1. The summed E-state index contributed by atoms with van der Waals surface area (Å²) in [4.78, 5) is 37.9. The van der Waals surface area contributed by atoms with Crippen LogP contribution in [0.3, 0.4) is 0 Å². The van der Waals surface area contributed by atoms with Gasteiger partial charge in [-0.2, -0.15) is 13.2 Å². The van der Waals surface area contributed by atoms with Crippen molar-refractivity contribution in [3.8, 4) is 0 Å². The molecule has 7 rings (SSSR count). The molecule has 3 aromatic rings. The summed E-state index contributed by atoms with van der Waals surface area (Å²) in [5.41, 5.74) is 2.71. The van der Waals surface area contributed by atoms with Crippen molar-refractivity contribution in [2.24, 2.45) is 5.92 Å². The number of anilines is 2. The number of aryl methyl sites for hydroxylation is 1. The predicted octanol–water partition coefficient (Wildman–Crippen LogP) is 7.58. The fourth-order valence-electron chi connectivity index (χ4n) is 8.77. The van der Waals surface area contributed by atoms with E-state index in [9.17, 15) is 22.8 Å². The molecule has 0 radical (unpaired) electrons. The molecule has 11 heteroatoms. The number of nitrogens with zero attached hydrogens (tertiary/aromatic N) is 5. The third kappa shape index (κ3) is 6.70. The number of amides is 3. The molecule has 1 aromatic heterocycles. The molecule has 2 saturated heterocycles. The fraction of sp³-hybridized carbons (Fsp3) is 0.541. The summed E-state index contributed by atoms with van der Waals surface area (Å²) in [5, 5.41) is 2.79. The van der Waals surface area contributed by atoms with E-state index in [-0.39, 0.29) is 11.9 Å². The Labute approximate surface area is 280 Å². The van der Waals surface area contributed by atoms with E-state index < -0.39 is 11.7 Å². The van der Waals surface area contributed by atoms with Crippen molar-refractivity contribution < 1.29 is 22.8 Å². The number of alkyl halides is 3. The number of nitrogens with one attached hydrogen (secondary N) is 1. The number of rotatable bonds is 8. The summed E-state index contributed by atoms with van der Waals surface area (Å²) in [6.07, 6.45) is 6.06. The molecule has 1 saturated carbocycles. The number of para-hydroxylation sites is 1. The van der Waals surface area contributed by atoms with Crippen molar-refractivity contribution in [3.05, 3.63) is 77.4 Å². The maximum atomic E-state index is 13.4. The van der Waals surface area contributed by atoms with Crippen LogP contribution in [0.2, 0.25) is 0 Å². The van der Waals surface area contributed by atoms with Crippen LogP contribution in [0.25, 0.3) is 0 Å². The Balaban J connectivity index is 0.973. The average Bonchev–Trinajstić information content (AvgIpc) is 3.78. The van der Waals surface area contributed by atoms with Crippen molar-refractivity contribution in [2.45, 2.75) is 102 Å². The molecule has 8 nitrogen and oxygen atoms in total. The fourth-order valence-corrected chi connectivity index (χ4v) is 8.77. The van der Waals surface area contributed by atoms with Gasteiger partial charge in [-0.25, -0.2) is 9.78 Å².